The third-order valence-electron chi connectivity index (χ3n) is 3.78. The summed E-state index contributed by atoms with van der Waals surface area (Å²) in [5.41, 5.74) is 0.541. The summed E-state index contributed by atoms with van der Waals surface area (Å²) in [4.78, 5) is 24.2. The van der Waals surface area contributed by atoms with Gasteiger partial charge in [0, 0.05) is 0 Å². The molecular weight excluding hydrogens is 416 g/mol. The van der Waals surface area contributed by atoms with Gasteiger partial charge in [0.15, 0.2) is 5.16 Å². The molecule has 10 heteroatoms. The average molecular weight is 435 g/mol. The van der Waals surface area contributed by atoms with Gasteiger partial charge in [-0.15, -0.1) is 10.2 Å². The summed E-state index contributed by atoms with van der Waals surface area (Å²) in [5, 5.41) is 11.9. The number of aromatic nitrogens is 3. The van der Waals surface area contributed by atoms with Crippen LogP contribution in [-0.2, 0) is 27.3 Å². The van der Waals surface area contributed by atoms with Gasteiger partial charge in [-0.1, -0.05) is 35.5 Å². The molecule has 8 nitrogen and oxygen atoms in total. The lowest BCUT2D eigenvalue weighted by molar-refractivity contribution is -0.142. The number of hydrogen-bond donors (Lipinski definition) is 1. The Morgan fingerprint density at radius 3 is 2.79 bits per heavy atom. The molecule has 0 radical (unpaired) electrons. The van der Waals surface area contributed by atoms with Gasteiger partial charge in [-0.25, -0.2) is 0 Å². The minimum Gasteiger partial charge on any atom is -0.467 e. The van der Waals surface area contributed by atoms with Gasteiger partial charge in [0.25, 0.3) is 0 Å². The van der Waals surface area contributed by atoms with E-state index in [4.69, 9.17) is 20.8 Å². The number of rotatable bonds is 9. The topological polar surface area (TPSA) is 99.3 Å². The maximum atomic E-state index is 12.3. The number of carbonyl (C=O) groups excluding carboxylic acids is 2. The Morgan fingerprint density at radius 2 is 2.07 bits per heavy atom. The number of halogens is 1. The first-order valence-electron chi connectivity index (χ1n) is 8.84. The van der Waals surface area contributed by atoms with Crippen LogP contribution in [0.2, 0.25) is 5.02 Å². The van der Waals surface area contributed by atoms with Crippen LogP contribution in [0, 0.1) is 0 Å². The Balaban J connectivity index is 1.70. The first-order chi connectivity index (χ1) is 14.1. The smallest absolute Gasteiger partial charge is 0.313 e. The number of hydrogen-bond acceptors (Lipinski definition) is 7. The predicted molar refractivity (Wildman–Crippen MR) is 109 cm³/mol. The minimum atomic E-state index is -0.395. The lowest BCUT2D eigenvalue weighted by Crippen LogP contribution is -2.16. The number of ether oxygens (including phenoxy) is 1. The van der Waals surface area contributed by atoms with Crippen molar-refractivity contribution in [2.45, 2.75) is 25.0 Å². The number of amides is 1. The maximum Gasteiger partial charge on any atom is 0.313 e. The second kappa shape index (κ2) is 10.1. The largest absolute Gasteiger partial charge is 0.467 e. The molecule has 0 aliphatic rings. The van der Waals surface area contributed by atoms with Crippen molar-refractivity contribution < 1.29 is 18.7 Å². The second-order valence-corrected chi connectivity index (χ2v) is 7.21. The molecule has 1 N–H and O–H groups in total. The summed E-state index contributed by atoms with van der Waals surface area (Å²) in [6, 6.07) is 10.6. The quantitative estimate of drug-likeness (QED) is 0.407. The number of anilines is 1. The van der Waals surface area contributed by atoms with Crippen LogP contribution in [-0.4, -0.2) is 39.0 Å². The molecule has 0 fully saturated rings. The fraction of sp³-hybridized carbons (Fsp3) is 0.263. The van der Waals surface area contributed by atoms with Gasteiger partial charge >= 0.3 is 5.97 Å². The summed E-state index contributed by atoms with van der Waals surface area (Å²) in [5.74, 6) is 0.586. The van der Waals surface area contributed by atoms with Crippen molar-refractivity contribution in [3.8, 4) is 0 Å². The summed E-state index contributed by atoms with van der Waals surface area (Å²) in [6.45, 7) is 2.36. The lowest BCUT2D eigenvalue weighted by atomic mass is 10.3. The zero-order valence-electron chi connectivity index (χ0n) is 15.6. The summed E-state index contributed by atoms with van der Waals surface area (Å²) >= 11 is 7.27. The molecule has 0 atom stereocenters. The van der Waals surface area contributed by atoms with Gasteiger partial charge in [0.2, 0.25) is 5.91 Å². The molecule has 0 bridgehead atoms. The van der Waals surface area contributed by atoms with Crippen molar-refractivity contribution in [2.24, 2.45) is 0 Å². The molecule has 0 aliphatic heterocycles. The van der Waals surface area contributed by atoms with E-state index in [1.807, 2.05) is 6.07 Å². The van der Waals surface area contributed by atoms with Crippen LogP contribution in [0.3, 0.4) is 0 Å². The average Bonchev–Trinajstić information content (AvgIpc) is 3.33. The molecule has 3 aromatic rings. The molecule has 3 rings (SSSR count). The molecule has 2 aromatic heterocycles. The highest BCUT2D eigenvalue weighted by Crippen LogP contribution is 2.23. The summed E-state index contributed by atoms with van der Waals surface area (Å²) in [6.07, 6.45) is 1.54. The standard InChI is InChI=1S/C19H19ClN4O4S/c1-2-27-18(26)10-16-22-23-19(24(16)11-13-6-5-9-28-13)29-12-17(25)21-15-8-4-3-7-14(15)20/h3-9H,2,10-12H2,1H3,(H,21,25). The summed E-state index contributed by atoms with van der Waals surface area (Å²) < 4.78 is 12.1. The van der Waals surface area contributed by atoms with Crippen molar-refractivity contribution in [1.82, 2.24) is 14.8 Å². The van der Waals surface area contributed by atoms with E-state index in [-0.39, 0.29) is 24.7 Å². The van der Waals surface area contributed by atoms with Gasteiger partial charge in [0.05, 0.1) is 35.9 Å². The Labute approximate surface area is 176 Å². The number of benzene rings is 1. The van der Waals surface area contributed by atoms with E-state index in [2.05, 4.69) is 15.5 Å². The third kappa shape index (κ3) is 5.85. The highest BCUT2D eigenvalue weighted by Gasteiger charge is 2.18. The van der Waals surface area contributed by atoms with Crippen LogP contribution in [0.4, 0.5) is 5.69 Å². The van der Waals surface area contributed by atoms with Crippen LogP contribution < -0.4 is 5.32 Å². The van der Waals surface area contributed by atoms with Crippen LogP contribution in [0.25, 0.3) is 0 Å². The number of esters is 1. The van der Waals surface area contributed by atoms with Crippen molar-refractivity contribution in [2.75, 3.05) is 17.7 Å². The Kier molecular flexibility index (Phi) is 7.31. The number of carbonyl (C=O) groups is 2. The van der Waals surface area contributed by atoms with E-state index in [0.29, 0.717) is 34.0 Å². The molecular formula is C19H19ClN4O4S. The van der Waals surface area contributed by atoms with Crippen LogP contribution >= 0.6 is 23.4 Å². The van der Waals surface area contributed by atoms with Crippen LogP contribution in [0.15, 0.2) is 52.2 Å². The highest BCUT2D eigenvalue weighted by atomic mass is 35.5. The molecule has 0 spiro atoms. The molecule has 0 aliphatic carbocycles. The fourth-order valence-electron chi connectivity index (χ4n) is 2.49. The normalized spacial score (nSPS) is 10.7. The predicted octanol–water partition coefficient (Wildman–Crippen LogP) is 3.41. The molecule has 152 valence electrons. The Hall–Kier alpha value is -2.78. The number of para-hydroxylation sites is 1. The van der Waals surface area contributed by atoms with E-state index in [0.717, 1.165) is 0 Å². The zero-order chi connectivity index (χ0) is 20.6. The summed E-state index contributed by atoms with van der Waals surface area (Å²) in [7, 11) is 0. The van der Waals surface area contributed by atoms with E-state index >= 15 is 0 Å². The van der Waals surface area contributed by atoms with Gasteiger partial charge in [-0.3, -0.25) is 14.2 Å². The van der Waals surface area contributed by atoms with Crippen molar-refractivity contribution in [3.05, 3.63) is 59.3 Å². The Bertz CT molecular complexity index is 975. The van der Waals surface area contributed by atoms with E-state index in [1.54, 1.807) is 48.1 Å². The lowest BCUT2D eigenvalue weighted by Gasteiger charge is -2.09. The number of furan rings is 1. The fourth-order valence-corrected chi connectivity index (χ4v) is 3.43. The van der Waals surface area contributed by atoms with E-state index in [9.17, 15) is 9.59 Å². The van der Waals surface area contributed by atoms with E-state index in [1.165, 1.54) is 11.8 Å². The second-order valence-electron chi connectivity index (χ2n) is 5.86. The first-order valence-corrected chi connectivity index (χ1v) is 10.2. The Morgan fingerprint density at radius 1 is 1.24 bits per heavy atom. The van der Waals surface area contributed by atoms with Gasteiger partial charge in [-0.2, -0.15) is 0 Å². The van der Waals surface area contributed by atoms with Crippen LogP contribution in [0.5, 0.6) is 0 Å². The number of nitrogens with zero attached hydrogens (tertiary/aromatic N) is 3. The van der Waals surface area contributed by atoms with Gasteiger partial charge < -0.3 is 14.5 Å². The zero-order valence-corrected chi connectivity index (χ0v) is 17.2. The van der Waals surface area contributed by atoms with Gasteiger partial charge in [0.1, 0.15) is 18.0 Å². The third-order valence-corrected chi connectivity index (χ3v) is 5.07. The monoisotopic (exact) mass is 434 g/mol. The number of nitrogens with one attached hydrogen (secondary N) is 1. The van der Waals surface area contributed by atoms with Crippen molar-refractivity contribution in [1.29, 1.82) is 0 Å². The molecule has 0 unspecified atom stereocenters. The maximum absolute atomic E-state index is 12.3. The first kappa shape index (κ1) is 20.9. The molecule has 0 saturated heterocycles. The minimum absolute atomic E-state index is 0.0199. The molecule has 1 amide bonds. The molecule has 0 saturated carbocycles. The van der Waals surface area contributed by atoms with E-state index < -0.39 is 5.97 Å². The molecule has 2 heterocycles. The van der Waals surface area contributed by atoms with Crippen molar-refractivity contribution >= 4 is 40.9 Å². The SMILES string of the molecule is CCOC(=O)Cc1nnc(SCC(=O)Nc2ccccc2Cl)n1Cc1ccco1. The van der Waals surface area contributed by atoms with Crippen molar-refractivity contribution in [3.63, 3.8) is 0 Å². The van der Waals surface area contributed by atoms with Crippen LogP contribution in [0.1, 0.15) is 18.5 Å². The number of thioether (sulfide) groups is 1. The molecule has 1 aromatic carbocycles. The molecule has 29 heavy (non-hydrogen) atoms. The van der Waals surface area contributed by atoms with Gasteiger partial charge in [-0.05, 0) is 31.2 Å². The highest BCUT2D eigenvalue weighted by molar-refractivity contribution is 7.99.